The van der Waals surface area contributed by atoms with Crippen LogP contribution in [0.25, 0.3) is 0 Å². The Hall–Kier alpha value is 0.650. The van der Waals surface area contributed by atoms with E-state index in [0.29, 0.717) is 6.61 Å². The number of hydrogen-bond donors (Lipinski definition) is 1. The molecule has 0 aliphatic carbocycles. The van der Waals surface area contributed by atoms with Crippen molar-refractivity contribution in [3.05, 3.63) is 0 Å². The molecule has 0 fully saturated rings. The topological polar surface area (TPSA) is 20.2 Å². The Bertz CT molecular complexity index is 118. The van der Waals surface area contributed by atoms with Crippen molar-refractivity contribution in [2.75, 3.05) is 33.8 Å². The summed E-state index contributed by atoms with van der Waals surface area (Å²) >= 11 is 0. The number of unbranched alkanes of at least 4 members (excludes halogenated alkanes) is 4. The first kappa shape index (κ1) is 17.1. The summed E-state index contributed by atoms with van der Waals surface area (Å²) < 4.78 is 0.961. The maximum absolute atomic E-state index is 8.83. The van der Waals surface area contributed by atoms with Gasteiger partial charge in [-0.3, -0.25) is 0 Å². The van der Waals surface area contributed by atoms with Crippen molar-refractivity contribution in [1.29, 1.82) is 0 Å². The highest BCUT2D eigenvalue weighted by atomic mass is 127. The van der Waals surface area contributed by atoms with Crippen molar-refractivity contribution in [1.82, 2.24) is 0 Å². The minimum atomic E-state index is 0. The molecule has 0 aliphatic rings. The molecule has 2 nitrogen and oxygen atoms in total. The lowest BCUT2D eigenvalue weighted by Gasteiger charge is -2.28. The first-order valence-corrected chi connectivity index (χ1v) is 5.55. The van der Waals surface area contributed by atoms with E-state index in [4.69, 9.17) is 5.11 Å². The summed E-state index contributed by atoms with van der Waals surface area (Å²) in [6.45, 7) is 4.63. The first-order valence-electron chi connectivity index (χ1n) is 5.55. The van der Waals surface area contributed by atoms with Gasteiger partial charge in [-0.15, -0.1) is 0 Å². The van der Waals surface area contributed by atoms with Crippen LogP contribution in [0.2, 0.25) is 0 Å². The molecule has 0 rings (SSSR count). The monoisotopic (exact) mass is 315 g/mol. The third kappa shape index (κ3) is 10.7. The van der Waals surface area contributed by atoms with E-state index in [-0.39, 0.29) is 24.0 Å². The van der Waals surface area contributed by atoms with Gasteiger partial charge in [-0.05, 0) is 12.8 Å². The molecule has 0 heterocycles. The number of rotatable bonds is 8. The van der Waals surface area contributed by atoms with Crippen LogP contribution in [0.3, 0.4) is 0 Å². The third-order valence-electron chi connectivity index (χ3n) is 2.57. The average molecular weight is 315 g/mol. The highest BCUT2D eigenvalue weighted by Gasteiger charge is 2.12. The van der Waals surface area contributed by atoms with E-state index in [2.05, 4.69) is 21.0 Å². The summed E-state index contributed by atoms with van der Waals surface area (Å²) in [5.41, 5.74) is 0. The van der Waals surface area contributed by atoms with Gasteiger partial charge in [-0.2, -0.15) is 0 Å². The lowest BCUT2D eigenvalue weighted by Crippen LogP contribution is -3.00. The molecule has 0 aromatic rings. The quantitative estimate of drug-likeness (QED) is 0.347. The Kier molecular flexibility index (Phi) is 12.4. The van der Waals surface area contributed by atoms with E-state index in [1.54, 1.807) is 0 Å². The summed E-state index contributed by atoms with van der Waals surface area (Å²) in [6, 6.07) is 0. The first-order chi connectivity index (χ1) is 6.12. The molecule has 0 radical (unpaired) electrons. The zero-order valence-corrected chi connectivity index (χ0v) is 12.1. The Morgan fingerprint density at radius 1 is 0.929 bits per heavy atom. The highest BCUT2D eigenvalue weighted by molar-refractivity contribution is 4.42. The Labute approximate surface area is 106 Å². The van der Waals surface area contributed by atoms with E-state index in [0.717, 1.165) is 11.0 Å². The van der Waals surface area contributed by atoms with Crippen LogP contribution in [0.4, 0.5) is 0 Å². The van der Waals surface area contributed by atoms with Gasteiger partial charge < -0.3 is 33.6 Å². The Morgan fingerprint density at radius 3 is 2.00 bits per heavy atom. The van der Waals surface area contributed by atoms with E-state index in [9.17, 15) is 0 Å². The zero-order valence-electron chi connectivity index (χ0n) is 9.93. The van der Waals surface area contributed by atoms with Crippen molar-refractivity contribution < 1.29 is 33.6 Å². The fraction of sp³-hybridized carbons (Fsp3) is 1.00. The van der Waals surface area contributed by atoms with Gasteiger partial charge in [0.25, 0.3) is 0 Å². The maximum Gasteiger partial charge on any atom is 0.102 e. The van der Waals surface area contributed by atoms with E-state index >= 15 is 0 Å². The van der Waals surface area contributed by atoms with Crippen LogP contribution in [0.1, 0.15) is 39.0 Å². The van der Waals surface area contributed by atoms with Gasteiger partial charge in [0.1, 0.15) is 6.54 Å². The van der Waals surface area contributed by atoms with Gasteiger partial charge in [0.05, 0.1) is 27.2 Å². The molecule has 0 aromatic heterocycles. The summed E-state index contributed by atoms with van der Waals surface area (Å²) in [4.78, 5) is 0. The molecule has 0 saturated heterocycles. The molecule has 0 amide bonds. The van der Waals surface area contributed by atoms with Crippen LogP contribution in [0.5, 0.6) is 0 Å². The van der Waals surface area contributed by atoms with Gasteiger partial charge in [0.2, 0.25) is 0 Å². The fourth-order valence-electron chi connectivity index (χ4n) is 1.53. The van der Waals surface area contributed by atoms with Crippen molar-refractivity contribution in [2.24, 2.45) is 0 Å². The molecule has 0 atom stereocenters. The minimum absolute atomic E-state index is 0. The summed E-state index contributed by atoms with van der Waals surface area (Å²) in [5, 5.41) is 8.83. The van der Waals surface area contributed by atoms with Gasteiger partial charge in [-0.25, -0.2) is 0 Å². The largest absolute Gasteiger partial charge is 1.00 e. The fourth-order valence-corrected chi connectivity index (χ4v) is 1.53. The average Bonchev–Trinajstić information content (AvgIpc) is 2.04. The third-order valence-corrected chi connectivity index (χ3v) is 2.57. The SMILES string of the molecule is CCCCCCC[N+](C)(C)CCO.[I-]. The zero-order chi connectivity index (χ0) is 10.2. The Morgan fingerprint density at radius 2 is 1.50 bits per heavy atom. The van der Waals surface area contributed by atoms with Crippen LogP contribution in [-0.4, -0.2) is 43.4 Å². The van der Waals surface area contributed by atoms with Crippen LogP contribution < -0.4 is 24.0 Å². The van der Waals surface area contributed by atoms with E-state index < -0.39 is 0 Å². The van der Waals surface area contributed by atoms with Gasteiger partial charge in [-0.1, -0.05) is 26.2 Å². The summed E-state index contributed by atoms with van der Waals surface area (Å²) in [5.74, 6) is 0. The molecule has 14 heavy (non-hydrogen) atoms. The number of nitrogens with zero attached hydrogens (tertiary/aromatic N) is 1. The normalized spacial score (nSPS) is 11.1. The van der Waals surface area contributed by atoms with Crippen molar-refractivity contribution >= 4 is 0 Å². The second-order valence-corrected chi connectivity index (χ2v) is 4.52. The molecule has 0 unspecified atom stereocenters. The number of aliphatic hydroxyl groups excluding tert-OH is 1. The van der Waals surface area contributed by atoms with E-state index in [1.165, 1.54) is 38.6 Å². The summed E-state index contributed by atoms with van der Waals surface area (Å²) in [7, 11) is 4.38. The molecule has 0 aromatic carbocycles. The number of aliphatic hydroxyl groups is 1. The second kappa shape index (κ2) is 10.2. The minimum Gasteiger partial charge on any atom is -1.00 e. The van der Waals surface area contributed by atoms with Crippen molar-refractivity contribution in [2.45, 2.75) is 39.0 Å². The number of quaternary nitrogens is 1. The number of halogens is 1. The molecule has 0 spiro atoms. The Balaban J connectivity index is 0. The molecular formula is C11H26INO. The smallest absolute Gasteiger partial charge is 0.102 e. The van der Waals surface area contributed by atoms with Gasteiger partial charge in [0, 0.05) is 0 Å². The molecule has 0 saturated carbocycles. The second-order valence-electron chi connectivity index (χ2n) is 4.52. The van der Waals surface area contributed by atoms with Crippen LogP contribution in [-0.2, 0) is 0 Å². The number of hydrogen-bond acceptors (Lipinski definition) is 1. The molecule has 0 aliphatic heterocycles. The van der Waals surface area contributed by atoms with Crippen molar-refractivity contribution in [3.63, 3.8) is 0 Å². The standard InChI is InChI=1S/C11H26NO.HI/c1-4-5-6-7-8-9-12(2,3)10-11-13;/h13H,4-11H2,1-3H3;1H/q+1;/p-1. The van der Waals surface area contributed by atoms with Crippen LogP contribution >= 0.6 is 0 Å². The van der Waals surface area contributed by atoms with Crippen LogP contribution in [0, 0.1) is 0 Å². The molecular weight excluding hydrogens is 289 g/mol. The van der Waals surface area contributed by atoms with Crippen LogP contribution in [0.15, 0.2) is 0 Å². The molecule has 1 N–H and O–H groups in total. The van der Waals surface area contributed by atoms with Gasteiger partial charge >= 0.3 is 0 Å². The van der Waals surface area contributed by atoms with Gasteiger partial charge in [0.15, 0.2) is 0 Å². The maximum atomic E-state index is 8.83. The molecule has 3 heteroatoms. The predicted octanol–water partition coefficient (Wildman–Crippen LogP) is -0.970. The molecule has 88 valence electrons. The van der Waals surface area contributed by atoms with Crippen molar-refractivity contribution in [3.8, 4) is 0 Å². The van der Waals surface area contributed by atoms with E-state index in [1.807, 2.05) is 0 Å². The predicted molar refractivity (Wildman–Crippen MR) is 57.7 cm³/mol. The molecule has 0 bridgehead atoms. The lowest BCUT2D eigenvalue weighted by molar-refractivity contribution is -0.890. The lowest BCUT2D eigenvalue weighted by atomic mass is 10.1. The summed E-state index contributed by atoms with van der Waals surface area (Å²) in [6.07, 6.45) is 6.70. The number of likely N-dealkylation sites (N-methyl/N-ethyl adjacent to an activating group) is 1. The highest BCUT2D eigenvalue weighted by Crippen LogP contribution is 2.06.